The molecule has 0 aliphatic heterocycles. The van der Waals surface area contributed by atoms with E-state index in [1.807, 2.05) is 36.0 Å². The molecule has 3 atom stereocenters. The zero-order valence-electron chi connectivity index (χ0n) is 18.6. The van der Waals surface area contributed by atoms with Crippen molar-refractivity contribution in [1.82, 2.24) is 4.57 Å². The minimum absolute atomic E-state index is 0.0506. The lowest BCUT2D eigenvalue weighted by molar-refractivity contribution is -0.0783. The molecule has 0 aliphatic carbocycles. The van der Waals surface area contributed by atoms with Gasteiger partial charge in [-0.25, -0.2) is 0 Å². The summed E-state index contributed by atoms with van der Waals surface area (Å²) in [6.07, 6.45) is 5.13. The zero-order valence-corrected chi connectivity index (χ0v) is 18.6. The predicted molar refractivity (Wildman–Crippen MR) is 110 cm³/mol. The third-order valence-corrected chi connectivity index (χ3v) is 11.8. The molecule has 1 aromatic heterocycles. The fraction of sp³-hybridized carbons (Fsp3) is 0.810. The van der Waals surface area contributed by atoms with Gasteiger partial charge in [0.1, 0.15) is 5.72 Å². The lowest BCUT2D eigenvalue weighted by Gasteiger charge is -2.45. The minimum Gasteiger partial charge on any atom is -0.413 e. The molecule has 146 valence electrons. The standard InChI is InChI=1S/C21H41NO2Si/c1-9-10-13-21(23,22-14-11-12-15-22)16-20(8)24-25(17(2)3,18(4)5)19(6)7/h11-12,14-15,17-20,23H,9-10,13,16H2,1-8H3/i10D. The second-order valence-corrected chi connectivity index (χ2v) is 13.8. The van der Waals surface area contributed by atoms with Crippen LogP contribution >= 0.6 is 0 Å². The second kappa shape index (κ2) is 9.38. The van der Waals surface area contributed by atoms with Gasteiger partial charge in [-0.3, -0.25) is 0 Å². The molecule has 0 fully saturated rings. The van der Waals surface area contributed by atoms with E-state index < -0.39 is 14.0 Å². The third-order valence-electron chi connectivity index (χ3n) is 5.57. The Hall–Kier alpha value is -0.583. The highest BCUT2D eigenvalue weighted by Gasteiger charge is 2.46. The molecule has 25 heavy (non-hydrogen) atoms. The van der Waals surface area contributed by atoms with Crippen LogP contribution in [0.4, 0.5) is 0 Å². The number of nitrogens with zero attached hydrogens (tertiary/aromatic N) is 1. The van der Waals surface area contributed by atoms with Crippen LogP contribution in [-0.4, -0.2) is 24.1 Å². The molecule has 3 unspecified atom stereocenters. The van der Waals surface area contributed by atoms with E-state index in [2.05, 4.69) is 48.5 Å². The van der Waals surface area contributed by atoms with Crippen LogP contribution in [0.2, 0.25) is 16.6 Å². The first-order chi connectivity index (χ1) is 12.0. The van der Waals surface area contributed by atoms with E-state index in [0.717, 1.165) is 6.42 Å². The number of rotatable bonds is 11. The Morgan fingerprint density at radius 3 is 1.92 bits per heavy atom. The maximum absolute atomic E-state index is 11.4. The fourth-order valence-corrected chi connectivity index (χ4v) is 10.1. The number of hydrogen-bond acceptors (Lipinski definition) is 2. The summed E-state index contributed by atoms with van der Waals surface area (Å²) in [5, 5.41) is 11.4. The van der Waals surface area contributed by atoms with Gasteiger partial charge in [-0.1, -0.05) is 54.9 Å². The zero-order chi connectivity index (χ0) is 20.1. The average molecular weight is 369 g/mol. The van der Waals surface area contributed by atoms with Crippen molar-refractivity contribution >= 4 is 8.32 Å². The highest BCUT2D eigenvalue weighted by molar-refractivity contribution is 6.77. The Bertz CT molecular complexity index is 496. The lowest BCUT2D eigenvalue weighted by Crippen LogP contribution is -2.51. The van der Waals surface area contributed by atoms with Crippen LogP contribution in [0, 0.1) is 0 Å². The molecule has 3 nitrogen and oxygen atoms in total. The van der Waals surface area contributed by atoms with E-state index in [1.54, 1.807) is 0 Å². The van der Waals surface area contributed by atoms with Crippen molar-refractivity contribution in [2.24, 2.45) is 0 Å². The Morgan fingerprint density at radius 1 is 1.04 bits per heavy atom. The van der Waals surface area contributed by atoms with Gasteiger partial charge < -0.3 is 14.1 Å². The van der Waals surface area contributed by atoms with Crippen LogP contribution in [0.5, 0.6) is 0 Å². The fourth-order valence-electron chi connectivity index (χ4n) is 4.54. The lowest BCUT2D eigenvalue weighted by atomic mass is 9.99. The Balaban J connectivity index is 3.07. The molecule has 1 heterocycles. The number of aliphatic hydroxyl groups is 1. The maximum Gasteiger partial charge on any atom is 0.200 e. The van der Waals surface area contributed by atoms with Gasteiger partial charge in [0.2, 0.25) is 8.32 Å². The van der Waals surface area contributed by atoms with Crippen LogP contribution in [0.3, 0.4) is 0 Å². The molecule has 1 N–H and O–H groups in total. The average Bonchev–Trinajstić information content (AvgIpc) is 3.06. The van der Waals surface area contributed by atoms with Gasteiger partial charge in [-0.05, 0) is 48.5 Å². The van der Waals surface area contributed by atoms with Gasteiger partial charge in [0.15, 0.2) is 0 Å². The summed E-state index contributed by atoms with van der Waals surface area (Å²) in [5.74, 6) is 0. The molecule has 0 saturated carbocycles. The van der Waals surface area contributed by atoms with Gasteiger partial charge in [0.05, 0.1) is 0 Å². The summed E-state index contributed by atoms with van der Waals surface area (Å²) in [7, 11) is -1.99. The van der Waals surface area contributed by atoms with Crippen LogP contribution in [-0.2, 0) is 10.2 Å². The van der Waals surface area contributed by atoms with Crippen LogP contribution in [0.25, 0.3) is 0 Å². The summed E-state index contributed by atoms with van der Waals surface area (Å²) in [5.41, 5.74) is 0.480. The van der Waals surface area contributed by atoms with Gasteiger partial charge in [0.25, 0.3) is 0 Å². The highest BCUT2D eigenvalue weighted by Crippen LogP contribution is 2.44. The van der Waals surface area contributed by atoms with E-state index in [-0.39, 0.29) is 12.5 Å². The third kappa shape index (κ3) is 5.21. The summed E-state index contributed by atoms with van der Waals surface area (Å²) in [6.45, 7) is 17.8. The quantitative estimate of drug-likeness (QED) is 0.465. The molecule has 0 bridgehead atoms. The Morgan fingerprint density at radius 2 is 1.52 bits per heavy atom. The van der Waals surface area contributed by atoms with E-state index >= 15 is 0 Å². The molecule has 0 aliphatic rings. The molecule has 0 radical (unpaired) electrons. The predicted octanol–water partition coefficient (Wildman–Crippen LogP) is 6.29. The van der Waals surface area contributed by atoms with Crippen molar-refractivity contribution in [3.8, 4) is 0 Å². The Kier molecular flexibility index (Phi) is 7.78. The molecule has 0 spiro atoms. The van der Waals surface area contributed by atoms with Crippen molar-refractivity contribution < 1.29 is 10.9 Å². The summed E-state index contributed by atoms with van der Waals surface area (Å²) >= 11 is 0. The van der Waals surface area contributed by atoms with Crippen LogP contribution < -0.4 is 0 Å². The Labute approximate surface area is 158 Å². The SMILES string of the molecule is [2H]C(CC)CC(O)(CC(C)O[Si](C(C)C)(C(C)C)C(C)C)n1cccc1. The summed E-state index contributed by atoms with van der Waals surface area (Å²) in [6, 6.07) is 3.85. The molecule has 0 saturated heterocycles. The van der Waals surface area contributed by atoms with E-state index in [0.29, 0.717) is 29.5 Å². The van der Waals surface area contributed by atoms with E-state index in [1.165, 1.54) is 0 Å². The molecule has 1 rings (SSSR count). The molecule has 0 amide bonds. The van der Waals surface area contributed by atoms with Gasteiger partial charge in [0, 0.05) is 26.3 Å². The topological polar surface area (TPSA) is 34.4 Å². The summed E-state index contributed by atoms with van der Waals surface area (Å²) in [4.78, 5) is 0. The van der Waals surface area contributed by atoms with Crippen LogP contribution in [0.15, 0.2) is 24.5 Å². The molecule has 4 heteroatoms. The monoisotopic (exact) mass is 368 g/mol. The minimum atomic E-state index is -1.99. The first-order valence-corrected chi connectivity index (χ1v) is 12.1. The normalized spacial score (nSPS) is 18.5. The van der Waals surface area contributed by atoms with Crippen molar-refractivity contribution in [3.63, 3.8) is 0 Å². The smallest absolute Gasteiger partial charge is 0.200 e. The van der Waals surface area contributed by atoms with Gasteiger partial charge in [-0.15, -0.1) is 0 Å². The van der Waals surface area contributed by atoms with Crippen molar-refractivity contribution in [1.29, 1.82) is 0 Å². The summed E-state index contributed by atoms with van der Waals surface area (Å²) < 4.78 is 16.9. The molecular weight excluding hydrogens is 326 g/mol. The van der Waals surface area contributed by atoms with E-state index in [4.69, 9.17) is 5.80 Å². The number of hydrogen-bond donors (Lipinski definition) is 1. The van der Waals surface area contributed by atoms with Crippen molar-refractivity contribution in [2.75, 3.05) is 0 Å². The van der Waals surface area contributed by atoms with E-state index in [9.17, 15) is 5.11 Å². The maximum atomic E-state index is 11.4. The number of aromatic nitrogens is 1. The highest BCUT2D eigenvalue weighted by atomic mass is 28.4. The first kappa shape index (κ1) is 20.7. The molecular formula is C21H41NO2Si. The second-order valence-electron chi connectivity index (χ2n) is 8.42. The van der Waals surface area contributed by atoms with Gasteiger partial charge >= 0.3 is 0 Å². The largest absolute Gasteiger partial charge is 0.413 e. The van der Waals surface area contributed by atoms with Crippen LogP contribution in [0.1, 0.15) is 82.4 Å². The molecule has 0 aromatic carbocycles. The first-order valence-electron chi connectivity index (χ1n) is 10.5. The molecule has 1 aromatic rings. The van der Waals surface area contributed by atoms with Gasteiger partial charge in [-0.2, -0.15) is 0 Å². The van der Waals surface area contributed by atoms with Crippen molar-refractivity contribution in [2.45, 2.75) is 110 Å². The van der Waals surface area contributed by atoms with Crippen molar-refractivity contribution in [3.05, 3.63) is 24.5 Å².